The number of amides is 2. The Bertz CT molecular complexity index is 887. The van der Waals surface area contributed by atoms with Gasteiger partial charge in [-0.2, -0.15) is 0 Å². The fourth-order valence-corrected chi connectivity index (χ4v) is 3.67. The minimum atomic E-state index is -0.0662. The van der Waals surface area contributed by atoms with Gasteiger partial charge in [-0.25, -0.2) is 0 Å². The number of methoxy groups -OCH3 is 1. The van der Waals surface area contributed by atoms with Crippen LogP contribution in [-0.2, 0) is 0 Å². The molecule has 0 aromatic heterocycles. The Labute approximate surface area is 185 Å². The predicted molar refractivity (Wildman–Crippen MR) is 124 cm³/mol. The molecule has 0 radical (unpaired) electrons. The molecule has 0 bridgehead atoms. The molecule has 1 atom stereocenters. The van der Waals surface area contributed by atoms with E-state index in [2.05, 4.69) is 29.4 Å². The molecular formula is C25H33N3O3. The topological polar surface area (TPSA) is 70.7 Å². The summed E-state index contributed by atoms with van der Waals surface area (Å²) in [6.45, 7) is 7.81. The Hall–Kier alpha value is -3.02. The highest BCUT2D eigenvalue weighted by Gasteiger charge is 2.24. The quantitative estimate of drug-likeness (QED) is 0.709. The zero-order chi connectivity index (χ0) is 22.4. The monoisotopic (exact) mass is 423 g/mol. The minimum Gasteiger partial charge on any atom is -0.497 e. The van der Waals surface area contributed by atoms with Crippen molar-refractivity contribution in [3.8, 4) is 5.75 Å². The second kappa shape index (κ2) is 10.3. The predicted octanol–water partition coefficient (Wildman–Crippen LogP) is 3.87. The van der Waals surface area contributed by atoms with Crippen LogP contribution in [0.2, 0.25) is 0 Å². The van der Waals surface area contributed by atoms with Crippen LogP contribution in [0.4, 0.5) is 5.69 Å². The number of carbonyl (C=O) groups excluding carboxylic acids is 2. The maximum Gasteiger partial charge on any atom is 0.253 e. The molecule has 0 spiro atoms. The van der Waals surface area contributed by atoms with Crippen molar-refractivity contribution in [2.75, 3.05) is 25.1 Å². The van der Waals surface area contributed by atoms with Crippen LogP contribution < -0.4 is 20.3 Å². The van der Waals surface area contributed by atoms with Gasteiger partial charge in [-0.1, -0.05) is 26.0 Å². The highest BCUT2D eigenvalue weighted by atomic mass is 16.5. The molecule has 31 heavy (non-hydrogen) atoms. The first-order valence-corrected chi connectivity index (χ1v) is 11.0. The number of hydrogen-bond acceptors (Lipinski definition) is 4. The van der Waals surface area contributed by atoms with Gasteiger partial charge < -0.3 is 20.3 Å². The third-order valence-corrected chi connectivity index (χ3v) is 6.03. The summed E-state index contributed by atoms with van der Waals surface area (Å²) >= 11 is 0. The van der Waals surface area contributed by atoms with Crippen molar-refractivity contribution in [1.29, 1.82) is 0 Å². The summed E-state index contributed by atoms with van der Waals surface area (Å²) in [7, 11) is 1.61. The van der Waals surface area contributed by atoms with E-state index < -0.39 is 0 Å². The third kappa shape index (κ3) is 5.78. The lowest BCUT2D eigenvalue weighted by molar-refractivity contribution is 0.0925. The first kappa shape index (κ1) is 22.7. The lowest BCUT2D eigenvalue weighted by Crippen LogP contribution is -2.45. The Morgan fingerprint density at radius 3 is 2.23 bits per heavy atom. The van der Waals surface area contributed by atoms with Gasteiger partial charge in [0.05, 0.1) is 12.7 Å². The molecule has 166 valence electrons. The molecule has 1 aliphatic heterocycles. The molecule has 2 aromatic rings. The fourth-order valence-electron chi connectivity index (χ4n) is 3.67. The summed E-state index contributed by atoms with van der Waals surface area (Å²) in [5.74, 6) is 1.01. The number of hydrogen-bond donors (Lipinski definition) is 2. The fraction of sp³-hybridized carbons (Fsp3) is 0.440. The first-order valence-electron chi connectivity index (χ1n) is 11.0. The zero-order valence-corrected chi connectivity index (χ0v) is 18.9. The molecule has 2 N–H and O–H groups in total. The van der Waals surface area contributed by atoms with Gasteiger partial charge in [-0.3, -0.25) is 9.59 Å². The lowest BCUT2D eigenvalue weighted by Gasteiger charge is -2.35. The van der Waals surface area contributed by atoms with E-state index in [1.54, 1.807) is 31.4 Å². The van der Waals surface area contributed by atoms with Gasteiger partial charge in [0, 0.05) is 36.4 Å². The number of carbonyl (C=O) groups is 2. The van der Waals surface area contributed by atoms with E-state index >= 15 is 0 Å². The number of para-hydroxylation sites is 1. The van der Waals surface area contributed by atoms with E-state index in [0.717, 1.165) is 37.4 Å². The van der Waals surface area contributed by atoms with Crippen LogP contribution in [0, 0.1) is 5.92 Å². The molecule has 2 amide bonds. The van der Waals surface area contributed by atoms with Crippen LogP contribution in [0.15, 0.2) is 48.5 Å². The Kier molecular flexibility index (Phi) is 7.55. The van der Waals surface area contributed by atoms with E-state index in [1.165, 1.54) is 0 Å². The van der Waals surface area contributed by atoms with Gasteiger partial charge in [0.25, 0.3) is 11.8 Å². The maximum absolute atomic E-state index is 12.8. The smallest absolute Gasteiger partial charge is 0.253 e. The van der Waals surface area contributed by atoms with Crippen molar-refractivity contribution < 1.29 is 14.3 Å². The standard InChI is InChI=1S/C25H33N3O3/c1-17(2)18(3)26-25(30)22-7-5-6-8-23(22)28-15-13-20(14-16-28)27-24(29)19-9-11-21(31-4)12-10-19/h5-12,17-18,20H,13-16H2,1-4H3,(H,26,30)(H,27,29)/t18-/m1/s1. The number of piperidine rings is 1. The Morgan fingerprint density at radius 1 is 0.968 bits per heavy atom. The normalized spacial score (nSPS) is 15.5. The average molecular weight is 424 g/mol. The van der Waals surface area contributed by atoms with Crippen molar-refractivity contribution >= 4 is 17.5 Å². The van der Waals surface area contributed by atoms with Gasteiger partial charge in [0.2, 0.25) is 0 Å². The number of ether oxygens (including phenoxy) is 1. The largest absolute Gasteiger partial charge is 0.497 e. The summed E-state index contributed by atoms with van der Waals surface area (Å²) in [5.41, 5.74) is 2.29. The average Bonchev–Trinajstić information content (AvgIpc) is 2.79. The van der Waals surface area contributed by atoms with Crippen molar-refractivity contribution in [1.82, 2.24) is 10.6 Å². The number of rotatable bonds is 7. The lowest BCUT2D eigenvalue weighted by atomic mass is 10.0. The van der Waals surface area contributed by atoms with Crippen LogP contribution in [0.3, 0.4) is 0 Å². The molecule has 0 unspecified atom stereocenters. The summed E-state index contributed by atoms with van der Waals surface area (Å²) in [6.07, 6.45) is 1.67. The van der Waals surface area contributed by atoms with Gasteiger partial charge in [0.1, 0.15) is 5.75 Å². The number of benzene rings is 2. The molecule has 2 aromatic carbocycles. The molecule has 0 aliphatic carbocycles. The molecule has 6 heteroatoms. The summed E-state index contributed by atoms with van der Waals surface area (Å²) < 4.78 is 5.15. The van der Waals surface area contributed by atoms with Gasteiger partial charge in [-0.05, 0) is 62.1 Å². The summed E-state index contributed by atoms with van der Waals surface area (Å²) in [6, 6.07) is 15.1. The van der Waals surface area contributed by atoms with Gasteiger partial charge in [-0.15, -0.1) is 0 Å². The van der Waals surface area contributed by atoms with E-state index in [0.29, 0.717) is 17.0 Å². The molecule has 1 aliphatic rings. The van der Waals surface area contributed by atoms with Crippen LogP contribution in [0.5, 0.6) is 5.75 Å². The third-order valence-electron chi connectivity index (χ3n) is 6.03. The summed E-state index contributed by atoms with van der Waals surface area (Å²) in [5, 5.41) is 6.24. The molecule has 3 rings (SSSR count). The maximum atomic E-state index is 12.8. The second-order valence-electron chi connectivity index (χ2n) is 8.49. The number of anilines is 1. The molecular weight excluding hydrogens is 390 g/mol. The van der Waals surface area contributed by atoms with Crippen molar-refractivity contribution in [2.24, 2.45) is 5.92 Å². The van der Waals surface area contributed by atoms with E-state index in [9.17, 15) is 9.59 Å². The molecule has 0 saturated carbocycles. The van der Waals surface area contributed by atoms with Crippen LogP contribution in [-0.4, -0.2) is 44.1 Å². The highest BCUT2D eigenvalue weighted by Crippen LogP contribution is 2.25. The number of nitrogens with zero attached hydrogens (tertiary/aromatic N) is 1. The summed E-state index contributed by atoms with van der Waals surface area (Å²) in [4.78, 5) is 27.6. The molecule has 6 nitrogen and oxygen atoms in total. The van der Waals surface area contributed by atoms with Gasteiger partial charge in [0.15, 0.2) is 0 Å². The van der Waals surface area contributed by atoms with Crippen molar-refractivity contribution in [3.05, 3.63) is 59.7 Å². The van der Waals surface area contributed by atoms with Crippen LogP contribution in [0.25, 0.3) is 0 Å². The number of nitrogens with one attached hydrogen (secondary N) is 2. The molecule has 1 saturated heterocycles. The van der Waals surface area contributed by atoms with Crippen LogP contribution in [0.1, 0.15) is 54.3 Å². The van der Waals surface area contributed by atoms with E-state index in [4.69, 9.17) is 4.74 Å². The Morgan fingerprint density at radius 2 is 1.61 bits per heavy atom. The molecule has 1 fully saturated rings. The highest BCUT2D eigenvalue weighted by molar-refractivity contribution is 6.00. The first-order chi connectivity index (χ1) is 14.9. The van der Waals surface area contributed by atoms with E-state index in [-0.39, 0.29) is 23.9 Å². The second-order valence-corrected chi connectivity index (χ2v) is 8.49. The van der Waals surface area contributed by atoms with Crippen LogP contribution >= 0.6 is 0 Å². The molecule has 1 heterocycles. The SMILES string of the molecule is COc1ccc(C(=O)NC2CCN(c3ccccc3C(=O)N[C@H](C)C(C)C)CC2)cc1. The Balaban J connectivity index is 1.59. The van der Waals surface area contributed by atoms with Gasteiger partial charge >= 0.3 is 0 Å². The van der Waals surface area contributed by atoms with E-state index in [1.807, 2.05) is 31.2 Å². The van der Waals surface area contributed by atoms with Crippen molar-refractivity contribution in [3.63, 3.8) is 0 Å². The zero-order valence-electron chi connectivity index (χ0n) is 18.9. The minimum absolute atomic E-state index is 0.0354. The van der Waals surface area contributed by atoms with Crippen molar-refractivity contribution in [2.45, 2.75) is 45.7 Å².